The van der Waals surface area contributed by atoms with E-state index in [9.17, 15) is 4.79 Å². The predicted octanol–water partition coefficient (Wildman–Crippen LogP) is 2.96. The Balaban J connectivity index is 2.04. The maximum absolute atomic E-state index is 12.1. The van der Waals surface area contributed by atoms with Crippen LogP contribution in [0.1, 0.15) is 23.8 Å². The second-order valence-electron chi connectivity index (χ2n) is 4.06. The van der Waals surface area contributed by atoms with Gasteiger partial charge in [0.05, 0.1) is 0 Å². The van der Waals surface area contributed by atoms with E-state index in [-0.39, 0.29) is 11.7 Å². The van der Waals surface area contributed by atoms with Gasteiger partial charge in [-0.05, 0) is 18.4 Å². The highest BCUT2D eigenvalue weighted by Gasteiger charge is 2.27. The fourth-order valence-electron chi connectivity index (χ4n) is 1.98. The second-order valence-corrected chi connectivity index (χ2v) is 4.50. The summed E-state index contributed by atoms with van der Waals surface area (Å²) in [5, 5.41) is -0.510. The number of benzene rings is 1. The first-order valence-corrected chi connectivity index (χ1v) is 6.03. The molecule has 1 aliphatic rings. The number of rotatable bonds is 3. The second kappa shape index (κ2) is 5.46. The Hall–Kier alpha value is -0.860. The zero-order valence-electron chi connectivity index (χ0n) is 9.06. The Bertz CT molecular complexity index is 344. The highest BCUT2D eigenvalue weighted by molar-refractivity contribution is 6.31. The summed E-state index contributed by atoms with van der Waals surface area (Å²) < 4.78 is 5.24. The number of carbonyl (C=O) groups excluding carboxylic acids is 1. The van der Waals surface area contributed by atoms with Crippen LogP contribution in [-0.4, -0.2) is 19.0 Å². The minimum absolute atomic E-state index is 0.0662. The lowest BCUT2D eigenvalue weighted by molar-refractivity contribution is -0.125. The van der Waals surface area contributed by atoms with Crippen LogP contribution in [0.15, 0.2) is 30.3 Å². The maximum atomic E-state index is 12.1. The van der Waals surface area contributed by atoms with Gasteiger partial charge in [0.2, 0.25) is 0 Å². The lowest BCUT2D eigenvalue weighted by atomic mass is 9.91. The average molecular weight is 239 g/mol. The lowest BCUT2D eigenvalue weighted by Crippen LogP contribution is -2.26. The molecule has 0 amide bonds. The highest BCUT2D eigenvalue weighted by atomic mass is 35.5. The Morgan fingerprint density at radius 2 is 1.88 bits per heavy atom. The Kier molecular flexibility index (Phi) is 3.97. The van der Waals surface area contributed by atoms with Crippen molar-refractivity contribution in [1.29, 1.82) is 0 Å². The molecule has 1 saturated heterocycles. The van der Waals surface area contributed by atoms with Crippen LogP contribution in [0.4, 0.5) is 0 Å². The minimum atomic E-state index is -0.510. The number of ether oxygens (including phenoxy) is 1. The van der Waals surface area contributed by atoms with Gasteiger partial charge in [-0.1, -0.05) is 30.3 Å². The van der Waals surface area contributed by atoms with Crippen molar-refractivity contribution in [1.82, 2.24) is 0 Å². The summed E-state index contributed by atoms with van der Waals surface area (Å²) in [6, 6.07) is 9.53. The van der Waals surface area contributed by atoms with Gasteiger partial charge < -0.3 is 4.74 Å². The minimum Gasteiger partial charge on any atom is -0.381 e. The van der Waals surface area contributed by atoms with Crippen LogP contribution in [0.25, 0.3) is 0 Å². The smallest absolute Gasteiger partial charge is 0.158 e. The van der Waals surface area contributed by atoms with E-state index in [1.165, 1.54) is 0 Å². The van der Waals surface area contributed by atoms with Crippen LogP contribution < -0.4 is 0 Å². The molecule has 1 heterocycles. The summed E-state index contributed by atoms with van der Waals surface area (Å²) in [5.74, 6) is 0.202. The van der Waals surface area contributed by atoms with E-state index < -0.39 is 5.38 Å². The van der Waals surface area contributed by atoms with Crippen LogP contribution in [0.2, 0.25) is 0 Å². The Morgan fingerprint density at radius 3 is 2.50 bits per heavy atom. The molecule has 1 unspecified atom stereocenters. The molecular formula is C13H15ClO2. The van der Waals surface area contributed by atoms with Gasteiger partial charge in [0.15, 0.2) is 5.78 Å². The number of carbonyl (C=O) groups is 1. The van der Waals surface area contributed by atoms with Gasteiger partial charge in [0.25, 0.3) is 0 Å². The molecule has 3 heteroatoms. The summed E-state index contributed by atoms with van der Waals surface area (Å²) >= 11 is 6.20. The van der Waals surface area contributed by atoms with E-state index in [4.69, 9.17) is 16.3 Å². The van der Waals surface area contributed by atoms with E-state index in [2.05, 4.69) is 0 Å². The third-order valence-electron chi connectivity index (χ3n) is 2.97. The van der Waals surface area contributed by atoms with Gasteiger partial charge in [0, 0.05) is 19.1 Å². The van der Waals surface area contributed by atoms with Gasteiger partial charge in [-0.2, -0.15) is 0 Å². The SMILES string of the molecule is O=C(C1CCOCC1)C(Cl)c1ccccc1. The molecule has 0 aliphatic carbocycles. The Labute approximate surface area is 101 Å². The molecule has 1 aromatic carbocycles. The monoisotopic (exact) mass is 238 g/mol. The van der Waals surface area contributed by atoms with Gasteiger partial charge in [-0.15, -0.1) is 11.6 Å². The third-order valence-corrected chi connectivity index (χ3v) is 3.43. The number of halogens is 1. The number of hydrogen-bond acceptors (Lipinski definition) is 2. The molecule has 1 fully saturated rings. The zero-order chi connectivity index (χ0) is 11.4. The maximum Gasteiger partial charge on any atom is 0.158 e. The summed E-state index contributed by atoms with van der Waals surface area (Å²) in [7, 11) is 0. The average Bonchev–Trinajstić information content (AvgIpc) is 2.39. The lowest BCUT2D eigenvalue weighted by Gasteiger charge is -2.22. The Morgan fingerprint density at radius 1 is 1.25 bits per heavy atom. The van der Waals surface area contributed by atoms with Crippen molar-refractivity contribution in [2.75, 3.05) is 13.2 Å². The van der Waals surface area contributed by atoms with E-state index in [0.717, 1.165) is 18.4 Å². The van der Waals surface area contributed by atoms with E-state index in [1.807, 2.05) is 30.3 Å². The molecule has 0 bridgehead atoms. The van der Waals surface area contributed by atoms with Gasteiger partial charge in [0.1, 0.15) is 5.38 Å². The van der Waals surface area contributed by atoms with Crippen LogP contribution in [0.5, 0.6) is 0 Å². The number of Topliss-reactive ketones (excluding diaryl/α,β-unsaturated/α-hetero) is 1. The summed E-state index contributed by atoms with van der Waals surface area (Å²) in [5.41, 5.74) is 0.889. The van der Waals surface area contributed by atoms with Crippen molar-refractivity contribution in [3.8, 4) is 0 Å². The highest BCUT2D eigenvalue weighted by Crippen LogP contribution is 2.28. The quantitative estimate of drug-likeness (QED) is 0.757. The van der Waals surface area contributed by atoms with E-state index in [1.54, 1.807) is 0 Å². The molecule has 0 aromatic heterocycles. The fraction of sp³-hybridized carbons (Fsp3) is 0.462. The molecule has 2 nitrogen and oxygen atoms in total. The molecule has 0 N–H and O–H groups in total. The summed E-state index contributed by atoms with van der Waals surface area (Å²) in [4.78, 5) is 12.1. The predicted molar refractivity (Wildman–Crippen MR) is 63.6 cm³/mol. The van der Waals surface area contributed by atoms with E-state index in [0.29, 0.717) is 13.2 Å². The number of ketones is 1. The first-order chi connectivity index (χ1) is 7.79. The van der Waals surface area contributed by atoms with Crippen LogP contribution in [0.3, 0.4) is 0 Å². The van der Waals surface area contributed by atoms with Gasteiger partial charge >= 0.3 is 0 Å². The standard InChI is InChI=1S/C13H15ClO2/c14-12(10-4-2-1-3-5-10)13(15)11-6-8-16-9-7-11/h1-5,11-12H,6-9H2. The van der Waals surface area contributed by atoms with Crippen molar-refractivity contribution in [2.45, 2.75) is 18.2 Å². The molecule has 16 heavy (non-hydrogen) atoms. The van der Waals surface area contributed by atoms with Crippen molar-refractivity contribution in [3.05, 3.63) is 35.9 Å². The topological polar surface area (TPSA) is 26.3 Å². The normalized spacial score (nSPS) is 19.3. The van der Waals surface area contributed by atoms with Crippen LogP contribution in [0, 0.1) is 5.92 Å². The van der Waals surface area contributed by atoms with Gasteiger partial charge in [-0.25, -0.2) is 0 Å². The van der Waals surface area contributed by atoms with Crippen molar-refractivity contribution < 1.29 is 9.53 Å². The van der Waals surface area contributed by atoms with Crippen molar-refractivity contribution in [2.24, 2.45) is 5.92 Å². The third kappa shape index (κ3) is 2.63. The van der Waals surface area contributed by atoms with Crippen LogP contribution >= 0.6 is 11.6 Å². The van der Waals surface area contributed by atoms with Crippen molar-refractivity contribution in [3.63, 3.8) is 0 Å². The molecule has 1 aromatic rings. The first kappa shape index (κ1) is 11.6. The van der Waals surface area contributed by atoms with E-state index >= 15 is 0 Å². The first-order valence-electron chi connectivity index (χ1n) is 5.59. The number of alkyl halides is 1. The molecule has 2 rings (SSSR count). The fourth-order valence-corrected chi connectivity index (χ4v) is 2.30. The number of hydrogen-bond donors (Lipinski definition) is 0. The molecule has 0 saturated carbocycles. The zero-order valence-corrected chi connectivity index (χ0v) is 9.82. The largest absolute Gasteiger partial charge is 0.381 e. The van der Waals surface area contributed by atoms with Crippen LogP contribution in [-0.2, 0) is 9.53 Å². The summed E-state index contributed by atoms with van der Waals surface area (Å²) in [6.45, 7) is 1.35. The molecule has 0 radical (unpaired) electrons. The summed E-state index contributed by atoms with van der Waals surface area (Å²) in [6.07, 6.45) is 1.60. The molecule has 1 atom stereocenters. The van der Waals surface area contributed by atoms with Gasteiger partial charge in [-0.3, -0.25) is 4.79 Å². The van der Waals surface area contributed by atoms with Crippen molar-refractivity contribution >= 4 is 17.4 Å². The molecular weight excluding hydrogens is 224 g/mol. The molecule has 0 spiro atoms. The molecule has 86 valence electrons. The molecule has 1 aliphatic heterocycles.